The summed E-state index contributed by atoms with van der Waals surface area (Å²) in [5, 5.41) is 0. The molecular weight excluding hydrogens is 430 g/mol. The number of likely N-dealkylation sites (N-methyl/N-ethyl adjacent to an activating group) is 1. The largest absolute Gasteiger partial charge is 0.368 e. The highest BCUT2D eigenvalue weighted by Crippen LogP contribution is 2.49. The van der Waals surface area contributed by atoms with Crippen molar-refractivity contribution in [2.45, 2.75) is 56.0 Å². The van der Waals surface area contributed by atoms with Gasteiger partial charge in [0.1, 0.15) is 6.54 Å². The van der Waals surface area contributed by atoms with E-state index in [2.05, 4.69) is 54.2 Å². The van der Waals surface area contributed by atoms with Crippen LogP contribution in [-0.4, -0.2) is 90.3 Å². The number of hydrogen-bond donors (Lipinski definition) is 1. The van der Waals surface area contributed by atoms with Gasteiger partial charge in [-0.15, -0.1) is 0 Å². The fraction of sp³-hybridized carbons (Fsp3) is 0.654. The Labute approximate surface area is 203 Å². The summed E-state index contributed by atoms with van der Waals surface area (Å²) in [5.74, 6) is -0.251. The van der Waals surface area contributed by atoms with E-state index >= 15 is 0 Å². The lowest BCUT2D eigenvalue weighted by Crippen LogP contribution is -2.56. The van der Waals surface area contributed by atoms with Gasteiger partial charge >= 0.3 is 6.03 Å². The van der Waals surface area contributed by atoms with Crippen LogP contribution in [0.15, 0.2) is 30.3 Å². The Balaban J connectivity index is 1.54. The summed E-state index contributed by atoms with van der Waals surface area (Å²) >= 11 is 0. The molecule has 4 amide bonds. The first-order valence-corrected chi connectivity index (χ1v) is 12.5. The van der Waals surface area contributed by atoms with Crippen molar-refractivity contribution in [3.63, 3.8) is 0 Å². The number of amides is 4. The van der Waals surface area contributed by atoms with E-state index < -0.39 is 5.91 Å². The van der Waals surface area contributed by atoms with Gasteiger partial charge in [-0.05, 0) is 64.1 Å². The predicted octanol–water partition coefficient (Wildman–Crippen LogP) is 2.24. The molecule has 0 atom stereocenters. The molecule has 1 heterocycles. The molecule has 2 N–H and O–H groups in total. The molecule has 4 rings (SSSR count). The lowest BCUT2D eigenvalue weighted by atomic mass is 9.68. The van der Waals surface area contributed by atoms with Crippen molar-refractivity contribution in [2.75, 3.05) is 47.3 Å². The van der Waals surface area contributed by atoms with Gasteiger partial charge in [-0.25, -0.2) is 4.79 Å². The second-order valence-corrected chi connectivity index (χ2v) is 10.8. The first-order valence-electron chi connectivity index (χ1n) is 12.5. The van der Waals surface area contributed by atoms with Crippen molar-refractivity contribution in [1.29, 1.82) is 0 Å². The molecule has 1 saturated heterocycles. The molecule has 1 spiro atoms. The molecule has 2 aliphatic carbocycles. The van der Waals surface area contributed by atoms with Crippen molar-refractivity contribution >= 4 is 17.8 Å². The summed E-state index contributed by atoms with van der Waals surface area (Å²) in [7, 11) is 5.86. The van der Waals surface area contributed by atoms with Crippen LogP contribution in [0, 0.1) is 5.92 Å². The Bertz CT molecular complexity index is 906. The number of rotatable bonds is 8. The highest BCUT2D eigenvalue weighted by Gasteiger charge is 2.55. The van der Waals surface area contributed by atoms with Crippen molar-refractivity contribution in [3.05, 3.63) is 35.9 Å². The van der Waals surface area contributed by atoms with Crippen LogP contribution in [0.4, 0.5) is 4.79 Å². The Morgan fingerprint density at radius 1 is 1.06 bits per heavy atom. The average Bonchev–Trinajstić information content (AvgIpc) is 3.01. The van der Waals surface area contributed by atoms with E-state index in [0.29, 0.717) is 12.5 Å². The molecule has 2 saturated carbocycles. The molecule has 1 aromatic carbocycles. The van der Waals surface area contributed by atoms with Gasteiger partial charge in [0.25, 0.3) is 0 Å². The van der Waals surface area contributed by atoms with E-state index in [1.807, 2.05) is 0 Å². The molecule has 3 fully saturated rings. The van der Waals surface area contributed by atoms with Crippen LogP contribution in [0.25, 0.3) is 0 Å². The second-order valence-electron chi connectivity index (χ2n) is 10.8. The van der Waals surface area contributed by atoms with Gasteiger partial charge in [-0.2, -0.15) is 0 Å². The van der Waals surface area contributed by atoms with Crippen LogP contribution in [0.1, 0.15) is 50.5 Å². The normalized spacial score (nSPS) is 27.4. The summed E-state index contributed by atoms with van der Waals surface area (Å²) in [6.45, 7) is 1.19. The Morgan fingerprint density at radius 2 is 1.71 bits per heavy atom. The topological polar surface area (TPSA) is 90.2 Å². The molecule has 8 heteroatoms. The van der Waals surface area contributed by atoms with Crippen molar-refractivity contribution in [2.24, 2.45) is 11.7 Å². The van der Waals surface area contributed by atoms with Crippen LogP contribution in [0.5, 0.6) is 0 Å². The van der Waals surface area contributed by atoms with E-state index in [4.69, 9.17) is 5.73 Å². The monoisotopic (exact) mass is 469 g/mol. The summed E-state index contributed by atoms with van der Waals surface area (Å²) in [6, 6.07) is 10.6. The van der Waals surface area contributed by atoms with Crippen LogP contribution in [-0.2, 0) is 15.1 Å². The van der Waals surface area contributed by atoms with Crippen molar-refractivity contribution in [3.8, 4) is 0 Å². The minimum atomic E-state index is -0.556. The molecule has 3 aliphatic rings. The molecule has 0 bridgehead atoms. The maximum atomic E-state index is 13.6. The Kier molecular flexibility index (Phi) is 6.90. The number of nitrogens with two attached hydrogens (primary N) is 1. The van der Waals surface area contributed by atoms with E-state index in [-0.39, 0.29) is 36.1 Å². The van der Waals surface area contributed by atoms with Gasteiger partial charge in [0, 0.05) is 25.7 Å². The average molecular weight is 470 g/mol. The quantitative estimate of drug-likeness (QED) is 0.632. The van der Waals surface area contributed by atoms with Gasteiger partial charge < -0.3 is 20.4 Å². The highest BCUT2D eigenvalue weighted by atomic mass is 16.2. The number of carbonyl (C=O) groups is 3. The number of hydrogen-bond acceptors (Lipinski definition) is 4. The van der Waals surface area contributed by atoms with Gasteiger partial charge in [0.2, 0.25) is 11.8 Å². The van der Waals surface area contributed by atoms with Crippen molar-refractivity contribution < 1.29 is 14.4 Å². The second kappa shape index (κ2) is 9.56. The first-order chi connectivity index (χ1) is 16.2. The Morgan fingerprint density at radius 3 is 2.24 bits per heavy atom. The molecule has 0 radical (unpaired) electrons. The molecule has 1 aromatic rings. The maximum Gasteiger partial charge on any atom is 0.321 e. The lowest BCUT2D eigenvalue weighted by molar-refractivity contribution is -0.134. The van der Waals surface area contributed by atoms with E-state index in [9.17, 15) is 14.4 Å². The summed E-state index contributed by atoms with van der Waals surface area (Å²) in [4.78, 5) is 45.0. The van der Waals surface area contributed by atoms with Gasteiger partial charge in [0.05, 0.1) is 12.1 Å². The molecular formula is C26H39N5O3. The summed E-state index contributed by atoms with van der Waals surface area (Å²) in [5.41, 5.74) is 6.27. The number of primary amides is 1. The van der Waals surface area contributed by atoms with Gasteiger partial charge in [0.15, 0.2) is 0 Å². The third kappa shape index (κ3) is 4.52. The zero-order chi connectivity index (χ0) is 24.5. The maximum absolute atomic E-state index is 13.6. The molecule has 0 aromatic heterocycles. The highest BCUT2D eigenvalue weighted by molar-refractivity contribution is 5.88. The minimum Gasteiger partial charge on any atom is -0.368 e. The molecule has 0 unspecified atom stereocenters. The van der Waals surface area contributed by atoms with Crippen molar-refractivity contribution in [1.82, 2.24) is 19.6 Å². The molecule has 8 nitrogen and oxygen atoms in total. The molecule has 34 heavy (non-hydrogen) atoms. The number of urea groups is 1. The Hall–Kier alpha value is -2.61. The third-order valence-electron chi connectivity index (χ3n) is 8.54. The van der Waals surface area contributed by atoms with Crippen LogP contribution >= 0.6 is 0 Å². The van der Waals surface area contributed by atoms with Crippen LogP contribution in [0.2, 0.25) is 0 Å². The predicted molar refractivity (Wildman–Crippen MR) is 131 cm³/mol. The summed E-state index contributed by atoms with van der Waals surface area (Å²) in [6.07, 6.45) is 7.31. The number of nitrogens with zero attached hydrogens (tertiary/aromatic N) is 4. The number of carbonyl (C=O) groups excluding carboxylic acids is 3. The zero-order valence-electron chi connectivity index (χ0n) is 20.8. The molecule has 1 aliphatic heterocycles. The first kappa shape index (κ1) is 24.5. The lowest BCUT2D eigenvalue weighted by Gasteiger charge is -2.51. The minimum absolute atomic E-state index is 0.0109. The van der Waals surface area contributed by atoms with Gasteiger partial charge in [-0.1, -0.05) is 36.8 Å². The fourth-order valence-corrected chi connectivity index (χ4v) is 6.12. The standard InChI is InChI=1S/C26H39N5O3/c1-28(2)26(21-10-5-4-6-11-21)14-12-25(13-15-26)19-30(18-23(33)29(3)17-22(27)32)24(34)31(25)16-20-8-7-9-20/h4-6,10-11,20H,7-9,12-19H2,1-3H3,(H2,27,32)/t25-,26-. The zero-order valence-corrected chi connectivity index (χ0v) is 20.8. The van der Waals surface area contributed by atoms with Gasteiger partial charge in [-0.3, -0.25) is 14.5 Å². The van der Waals surface area contributed by atoms with E-state index in [0.717, 1.165) is 32.2 Å². The third-order valence-corrected chi connectivity index (χ3v) is 8.54. The molecule has 186 valence electrons. The smallest absolute Gasteiger partial charge is 0.321 e. The summed E-state index contributed by atoms with van der Waals surface area (Å²) < 4.78 is 0. The van der Waals surface area contributed by atoms with E-state index in [1.54, 1.807) is 11.9 Å². The fourth-order valence-electron chi connectivity index (χ4n) is 6.12. The van der Waals surface area contributed by atoms with Crippen LogP contribution < -0.4 is 5.73 Å². The van der Waals surface area contributed by atoms with Crippen LogP contribution in [0.3, 0.4) is 0 Å². The van der Waals surface area contributed by atoms with E-state index in [1.165, 1.54) is 29.7 Å². The SMILES string of the molecule is CN(CC(N)=O)C(=O)CN1C[C@]2(CC[C@@](c3ccccc3)(N(C)C)CC2)N(CC2CCC2)C1=O. The number of benzene rings is 1.